The van der Waals surface area contributed by atoms with Crippen LogP contribution in [0.25, 0.3) is 0 Å². The van der Waals surface area contributed by atoms with Crippen molar-refractivity contribution < 1.29 is 0 Å². The van der Waals surface area contributed by atoms with Crippen molar-refractivity contribution in [1.82, 2.24) is 0 Å². The Morgan fingerprint density at radius 2 is 1.75 bits per heavy atom. The molecule has 0 aromatic rings. The van der Waals surface area contributed by atoms with Crippen molar-refractivity contribution in [2.75, 3.05) is 17.3 Å². The monoisotopic (exact) mass is 260 g/mol. The number of rotatable bonds is 6. The zero-order valence-electron chi connectivity index (χ0n) is 11.0. The van der Waals surface area contributed by atoms with Gasteiger partial charge in [-0.15, -0.1) is 0 Å². The molecule has 0 aromatic carbocycles. The Bertz CT molecular complexity index is 170. The first kappa shape index (κ1) is 14.8. The van der Waals surface area contributed by atoms with Crippen LogP contribution in [0.3, 0.4) is 0 Å². The normalized spacial score (nSPS) is 21.0. The molecule has 0 unspecified atom stereocenters. The molecule has 2 heteroatoms. The van der Waals surface area contributed by atoms with E-state index < -0.39 is 0 Å². The summed E-state index contributed by atoms with van der Waals surface area (Å²) in [4.78, 5) is 0. The van der Waals surface area contributed by atoms with Gasteiger partial charge in [-0.05, 0) is 47.9 Å². The highest BCUT2D eigenvalue weighted by atomic mass is 32.2. The van der Waals surface area contributed by atoms with Gasteiger partial charge in [0.05, 0.1) is 0 Å². The molecule has 0 spiro atoms. The Morgan fingerprint density at radius 1 is 1.12 bits per heavy atom. The van der Waals surface area contributed by atoms with Crippen LogP contribution in [-0.2, 0) is 0 Å². The van der Waals surface area contributed by atoms with Crippen molar-refractivity contribution in [3.8, 4) is 0 Å². The van der Waals surface area contributed by atoms with E-state index in [1.165, 1.54) is 56.5 Å². The quantitative estimate of drug-likeness (QED) is 0.397. The number of hydrogen-bond donors (Lipinski definition) is 1. The molecule has 0 radical (unpaired) electrons. The molecular weight excluding hydrogens is 232 g/mol. The molecule has 0 heterocycles. The lowest BCUT2D eigenvalue weighted by Gasteiger charge is -2.31. The van der Waals surface area contributed by atoms with Gasteiger partial charge in [0.15, 0.2) is 0 Å². The van der Waals surface area contributed by atoms with Gasteiger partial charge in [0.2, 0.25) is 0 Å². The molecule has 1 rings (SSSR count). The number of thioether (sulfide) groups is 1. The van der Waals surface area contributed by atoms with E-state index in [9.17, 15) is 0 Å². The second kappa shape index (κ2) is 7.92. The molecule has 1 aliphatic carbocycles. The molecule has 0 atom stereocenters. The lowest BCUT2D eigenvalue weighted by molar-refractivity contribution is 0.332. The maximum Gasteiger partial charge on any atom is -0.000299 e. The Balaban J connectivity index is 2.28. The van der Waals surface area contributed by atoms with Crippen LogP contribution >= 0.6 is 24.4 Å². The second-order valence-electron chi connectivity index (χ2n) is 5.81. The number of thiol groups is 1. The minimum Gasteiger partial charge on any atom is -0.179 e. The fraction of sp³-hybridized carbons (Fsp3) is 1.00. The van der Waals surface area contributed by atoms with Crippen molar-refractivity contribution in [1.29, 1.82) is 0 Å². The molecule has 0 N–H and O–H groups in total. The fourth-order valence-corrected chi connectivity index (χ4v) is 4.62. The summed E-state index contributed by atoms with van der Waals surface area (Å²) >= 11 is 6.80. The SMILES string of the molecule is CC(C)CCSCC1(CS)CCCCCC1. The summed E-state index contributed by atoms with van der Waals surface area (Å²) < 4.78 is 0. The molecule has 0 bridgehead atoms. The van der Waals surface area contributed by atoms with Gasteiger partial charge in [0.25, 0.3) is 0 Å². The lowest BCUT2D eigenvalue weighted by Crippen LogP contribution is -2.25. The first-order valence-corrected chi connectivity index (χ1v) is 8.66. The van der Waals surface area contributed by atoms with Crippen molar-refractivity contribution in [2.24, 2.45) is 11.3 Å². The Hall–Kier alpha value is 0.700. The smallest absolute Gasteiger partial charge is 0.000299 e. The average molecular weight is 261 g/mol. The summed E-state index contributed by atoms with van der Waals surface area (Å²) in [5.74, 6) is 4.64. The highest BCUT2D eigenvalue weighted by Gasteiger charge is 2.29. The highest BCUT2D eigenvalue weighted by Crippen LogP contribution is 2.39. The summed E-state index contributed by atoms with van der Waals surface area (Å²) in [5, 5.41) is 0. The molecule has 1 saturated carbocycles. The van der Waals surface area contributed by atoms with Crippen LogP contribution in [0.1, 0.15) is 58.8 Å². The van der Waals surface area contributed by atoms with Gasteiger partial charge in [-0.3, -0.25) is 0 Å². The molecule has 1 fully saturated rings. The van der Waals surface area contributed by atoms with E-state index in [-0.39, 0.29) is 0 Å². The third-order valence-electron chi connectivity index (χ3n) is 3.75. The molecular formula is C14H28S2. The molecule has 0 saturated heterocycles. The highest BCUT2D eigenvalue weighted by molar-refractivity contribution is 7.99. The molecule has 0 aliphatic heterocycles. The minimum atomic E-state index is 0.571. The van der Waals surface area contributed by atoms with E-state index in [0.717, 1.165) is 11.7 Å². The van der Waals surface area contributed by atoms with Crippen molar-refractivity contribution in [3.63, 3.8) is 0 Å². The molecule has 0 amide bonds. The zero-order chi connectivity index (χ0) is 11.9. The van der Waals surface area contributed by atoms with E-state index in [1.807, 2.05) is 0 Å². The topological polar surface area (TPSA) is 0 Å². The van der Waals surface area contributed by atoms with Crippen LogP contribution in [-0.4, -0.2) is 17.3 Å². The summed E-state index contributed by atoms with van der Waals surface area (Å²) in [7, 11) is 0. The van der Waals surface area contributed by atoms with Gasteiger partial charge in [0, 0.05) is 0 Å². The van der Waals surface area contributed by atoms with Crippen LogP contribution < -0.4 is 0 Å². The van der Waals surface area contributed by atoms with E-state index in [0.29, 0.717) is 5.41 Å². The maximum absolute atomic E-state index is 4.63. The fourth-order valence-electron chi connectivity index (χ4n) is 2.43. The summed E-state index contributed by atoms with van der Waals surface area (Å²) in [5.41, 5.74) is 0.571. The van der Waals surface area contributed by atoms with Crippen LogP contribution in [0.2, 0.25) is 0 Å². The van der Waals surface area contributed by atoms with Gasteiger partial charge in [-0.25, -0.2) is 0 Å². The van der Waals surface area contributed by atoms with E-state index >= 15 is 0 Å². The summed E-state index contributed by atoms with van der Waals surface area (Å²) in [6.07, 6.45) is 9.98. The van der Waals surface area contributed by atoms with Crippen molar-refractivity contribution in [2.45, 2.75) is 58.8 Å². The predicted octanol–water partition coefficient (Wildman–Crippen LogP) is 5.04. The van der Waals surface area contributed by atoms with Crippen molar-refractivity contribution >= 4 is 24.4 Å². The van der Waals surface area contributed by atoms with Crippen LogP contribution in [0, 0.1) is 11.3 Å². The third-order valence-corrected chi connectivity index (χ3v) is 5.76. The Morgan fingerprint density at radius 3 is 2.25 bits per heavy atom. The molecule has 96 valence electrons. The Kier molecular flexibility index (Phi) is 7.30. The molecule has 0 aromatic heterocycles. The molecule has 0 nitrogen and oxygen atoms in total. The third kappa shape index (κ3) is 5.35. The van der Waals surface area contributed by atoms with Gasteiger partial charge >= 0.3 is 0 Å². The van der Waals surface area contributed by atoms with Crippen LogP contribution in [0.5, 0.6) is 0 Å². The average Bonchev–Trinajstić information content (AvgIpc) is 2.50. The maximum atomic E-state index is 4.63. The first-order valence-electron chi connectivity index (χ1n) is 6.87. The van der Waals surface area contributed by atoms with Crippen molar-refractivity contribution in [3.05, 3.63) is 0 Å². The van der Waals surface area contributed by atoms with E-state index in [1.54, 1.807) is 0 Å². The van der Waals surface area contributed by atoms with Gasteiger partial charge < -0.3 is 0 Å². The summed E-state index contributed by atoms with van der Waals surface area (Å²) in [6, 6.07) is 0. The van der Waals surface area contributed by atoms with E-state index in [4.69, 9.17) is 0 Å². The van der Waals surface area contributed by atoms with Gasteiger partial charge in [-0.1, -0.05) is 39.5 Å². The largest absolute Gasteiger partial charge is 0.179 e. The minimum absolute atomic E-state index is 0.571. The lowest BCUT2D eigenvalue weighted by atomic mass is 9.84. The first-order chi connectivity index (χ1) is 7.68. The van der Waals surface area contributed by atoms with Gasteiger partial charge in [0.1, 0.15) is 0 Å². The second-order valence-corrected chi connectivity index (χ2v) is 7.23. The van der Waals surface area contributed by atoms with Crippen LogP contribution in [0.15, 0.2) is 0 Å². The van der Waals surface area contributed by atoms with Crippen LogP contribution in [0.4, 0.5) is 0 Å². The zero-order valence-corrected chi connectivity index (χ0v) is 12.7. The number of hydrogen-bond acceptors (Lipinski definition) is 2. The standard InChI is InChI=1S/C14H28S2/c1-13(2)7-10-16-12-14(11-15)8-5-3-4-6-9-14/h13,15H,3-12H2,1-2H3. The van der Waals surface area contributed by atoms with E-state index in [2.05, 4.69) is 38.2 Å². The molecule has 1 aliphatic rings. The van der Waals surface area contributed by atoms with Gasteiger partial charge in [-0.2, -0.15) is 24.4 Å². The Labute approximate surface area is 112 Å². The predicted molar refractivity (Wildman–Crippen MR) is 80.8 cm³/mol. The molecule has 16 heavy (non-hydrogen) atoms. The summed E-state index contributed by atoms with van der Waals surface area (Å²) in [6.45, 7) is 4.64.